The van der Waals surface area contributed by atoms with Crippen molar-refractivity contribution in [3.63, 3.8) is 0 Å². The zero-order chi connectivity index (χ0) is 10.4. The van der Waals surface area contributed by atoms with Gasteiger partial charge in [0.1, 0.15) is 0 Å². The molecule has 0 N–H and O–H groups in total. The summed E-state index contributed by atoms with van der Waals surface area (Å²) in [7, 11) is 0. The third-order valence-electron chi connectivity index (χ3n) is 1.55. The second-order valence-electron chi connectivity index (χ2n) is 2.63. The molecule has 0 nitrogen and oxygen atoms in total. The van der Waals surface area contributed by atoms with Crippen LogP contribution in [-0.4, -0.2) is 6.00 Å². The summed E-state index contributed by atoms with van der Waals surface area (Å²) in [6.07, 6.45) is 0. The van der Waals surface area contributed by atoms with E-state index in [-0.39, 0.29) is 17.1 Å². The van der Waals surface area contributed by atoms with Gasteiger partial charge in [-0.2, -0.15) is 30.3 Å². The van der Waals surface area contributed by atoms with Crippen LogP contribution in [0, 0.1) is 0 Å². The predicted octanol–water partition coefficient (Wildman–Crippen LogP) is 3.67. The van der Waals surface area contributed by atoms with E-state index in [1.54, 1.807) is 0 Å². The smallest absolute Gasteiger partial charge is 0.214 e. The van der Waals surface area contributed by atoms with E-state index in [1.807, 2.05) is 54.6 Å². The van der Waals surface area contributed by atoms with Crippen molar-refractivity contribution in [3.05, 3.63) is 54.6 Å². The second-order valence-corrected chi connectivity index (χ2v) is 11.1. The van der Waals surface area contributed by atoms with E-state index in [1.165, 1.54) is 0 Å². The number of hydrogen-bond acceptors (Lipinski definition) is 0. The number of hydrogen-bond donors (Lipinski definition) is 0. The van der Waals surface area contributed by atoms with Gasteiger partial charge >= 0.3 is 23.1 Å². The van der Waals surface area contributed by atoms with Crippen molar-refractivity contribution in [2.75, 3.05) is 0 Å². The Labute approximate surface area is 115 Å². The van der Waals surface area contributed by atoms with Crippen LogP contribution >= 0.6 is 33.2 Å². The Bertz CT molecular complexity index is 307. The average Bonchev–Trinajstić information content (AvgIpc) is 2.80. The Morgan fingerprint density at radius 1 is 0.867 bits per heavy atom. The maximum absolute atomic E-state index is 5.67. The first-order chi connectivity index (χ1) is 6.61. The van der Waals surface area contributed by atoms with E-state index in [9.17, 15) is 0 Å². The van der Waals surface area contributed by atoms with Crippen molar-refractivity contribution >= 4 is 44.4 Å². The summed E-state index contributed by atoms with van der Waals surface area (Å²) in [6, 6.07) is 14.8. The summed E-state index contributed by atoms with van der Waals surface area (Å²) in [4.78, 5) is 0. The summed E-state index contributed by atoms with van der Waals surface area (Å²) in [6.45, 7) is 0. The Balaban J connectivity index is 0.000000280. The normalized spacial score (nSPS) is 9.80. The third kappa shape index (κ3) is 6.47. The molecule has 15 heavy (non-hydrogen) atoms. The Morgan fingerprint density at radius 2 is 1.33 bits per heavy atom. The largest absolute Gasteiger partial charge is 2.00 e. The van der Waals surface area contributed by atoms with Crippen LogP contribution in [0.15, 0.2) is 54.6 Å². The zero-order valence-corrected chi connectivity index (χ0v) is 12.1. The van der Waals surface area contributed by atoms with Crippen molar-refractivity contribution in [1.29, 1.82) is 0 Å². The van der Waals surface area contributed by atoms with E-state index < -0.39 is 6.00 Å². The second kappa shape index (κ2) is 7.56. The monoisotopic (exact) mass is 318 g/mol. The van der Waals surface area contributed by atoms with E-state index in [0.29, 0.717) is 0 Å². The van der Waals surface area contributed by atoms with E-state index in [4.69, 9.17) is 33.2 Å². The Kier molecular flexibility index (Phi) is 7.71. The molecule has 0 aliphatic rings. The number of rotatable bonds is 1. The molecule has 0 saturated carbocycles. The van der Waals surface area contributed by atoms with Gasteiger partial charge in [0, 0.05) is 0 Å². The molecular weight excluding hydrogens is 310 g/mol. The molecule has 5 heteroatoms. The zero-order valence-electron chi connectivity index (χ0n) is 7.68. The minimum absolute atomic E-state index is 0. The van der Waals surface area contributed by atoms with Crippen LogP contribution in [0.25, 0.3) is 0 Å². The molecule has 82 valence electrons. The van der Waals surface area contributed by atoms with E-state index >= 15 is 0 Å². The maximum atomic E-state index is 5.67. The molecule has 0 saturated heterocycles. The summed E-state index contributed by atoms with van der Waals surface area (Å²) in [5, 5.41) is 0.854. The van der Waals surface area contributed by atoms with Gasteiger partial charge in [-0.1, -0.05) is 0 Å². The first-order valence-electron chi connectivity index (χ1n) is 4.06. The molecule has 0 atom stereocenters. The van der Waals surface area contributed by atoms with Crippen LogP contribution in [0.1, 0.15) is 0 Å². The van der Waals surface area contributed by atoms with Gasteiger partial charge in [0.05, 0.1) is 0 Å². The van der Waals surface area contributed by atoms with Crippen molar-refractivity contribution in [2.24, 2.45) is 0 Å². The fraction of sp³-hybridized carbons (Fsp3) is 0. The molecule has 2 rings (SSSR count). The van der Waals surface area contributed by atoms with Gasteiger partial charge in [0.15, 0.2) is 0 Å². The van der Waals surface area contributed by atoms with Crippen molar-refractivity contribution in [3.8, 4) is 0 Å². The van der Waals surface area contributed by atoms with Crippen LogP contribution in [0.4, 0.5) is 0 Å². The standard InChI is InChI=1S/C5H4Cl3Si.C5H5.Fe/c6-9(7,8)5-3-1-2-4-5;1-2-4-5-3-1;/h1-4H;1-5H;/q2*-1;+2. The third-order valence-corrected chi connectivity index (χ3v) is 4.50. The van der Waals surface area contributed by atoms with E-state index in [0.717, 1.165) is 5.19 Å². The van der Waals surface area contributed by atoms with Crippen molar-refractivity contribution in [1.82, 2.24) is 0 Å². The molecular formula is C10H9Cl3FeSi. The van der Waals surface area contributed by atoms with Gasteiger partial charge in [-0.15, -0.1) is 38.4 Å². The molecule has 2 aromatic carbocycles. The molecule has 0 spiro atoms. The SMILES string of the molecule is Cl[Si](Cl)(Cl)[c-]1cccc1.[Fe+2].c1cc[cH-]c1. The minimum atomic E-state index is -2.56. The summed E-state index contributed by atoms with van der Waals surface area (Å²) >= 11 is 17.0. The minimum Gasteiger partial charge on any atom is -0.214 e. The topological polar surface area (TPSA) is 0 Å². The van der Waals surface area contributed by atoms with Gasteiger partial charge in [-0.3, -0.25) is 0 Å². The van der Waals surface area contributed by atoms with Crippen LogP contribution < -0.4 is 5.19 Å². The molecule has 0 fully saturated rings. The molecule has 0 bridgehead atoms. The molecule has 0 unspecified atom stereocenters. The van der Waals surface area contributed by atoms with Gasteiger partial charge in [0.2, 0.25) is 0 Å². The summed E-state index contributed by atoms with van der Waals surface area (Å²) in [5.41, 5.74) is 0. The maximum Gasteiger partial charge on any atom is 2.00 e. The van der Waals surface area contributed by atoms with Gasteiger partial charge in [0.25, 0.3) is 0 Å². The number of halogens is 3. The Hall–Kier alpha value is 0.306. The van der Waals surface area contributed by atoms with Crippen LogP contribution in [0.2, 0.25) is 0 Å². The summed E-state index contributed by atoms with van der Waals surface area (Å²) < 4.78 is 0. The quantitative estimate of drug-likeness (QED) is 0.427. The van der Waals surface area contributed by atoms with Gasteiger partial charge < -0.3 is 0 Å². The van der Waals surface area contributed by atoms with Gasteiger partial charge in [-0.25, -0.2) is 24.3 Å². The molecule has 0 aliphatic heterocycles. The predicted molar refractivity (Wildman–Crippen MR) is 67.0 cm³/mol. The first-order valence-corrected chi connectivity index (χ1v) is 9.10. The van der Waals surface area contributed by atoms with Crippen LogP contribution in [0.5, 0.6) is 0 Å². The molecule has 0 aliphatic carbocycles. The first kappa shape index (κ1) is 15.3. The summed E-state index contributed by atoms with van der Waals surface area (Å²) in [5.74, 6) is 0. The van der Waals surface area contributed by atoms with Crippen molar-refractivity contribution < 1.29 is 17.1 Å². The molecule has 2 aromatic rings. The fourth-order valence-electron chi connectivity index (χ4n) is 0.884. The van der Waals surface area contributed by atoms with Gasteiger partial charge in [-0.05, 0) is 0 Å². The van der Waals surface area contributed by atoms with E-state index in [2.05, 4.69) is 0 Å². The molecule has 0 heterocycles. The Morgan fingerprint density at radius 3 is 1.53 bits per heavy atom. The molecule has 0 aromatic heterocycles. The van der Waals surface area contributed by atoms with Crippen molar-refractivity contribution in [2.45, 2.75) is 0 Å². The van der Waals surface area contributed by atoms with Crippen LogP contribution in [-0.2, 0) is 17.1 Å². The fourth-order valence-corrected chi connectivity index (χ4v) is 2.59. The molecule has 0 amide bonds. The average molecular weight is 319 g/mol. The molecule has 0 radical (unpaired) electrons. The van der Waals surface area contributed by atoms with Crippen LogP contribution in [0.3, 0.4) is 0 Å².